The summed E-state index contributed by atoms with van der Waals surface area (Å²) in [4.78, 5) is 12.3. The van der Waals surface area contributed by atoms with Gasteiger partial charge in [-0.3, -0.25) is 4.79 Å². The van der Waals surface area contributed by atoms with Gasteiger partial charge in [0.2, 0.25) is 0 Å². The van der Waals surface area contributed by atoms with Crippen LogP contribution < -0.4 is 11.1 Å². The molecule has 0 heterocycles. The number of halogens is 2. The van der Waals surface area contributed by atoms with Gasteiger partial charge in [0, 0.05) is 14.6 Å². The smallest absolute Gasteiger partial charge is 0.256 e. The second-order valence-electron chi connectivity index (χ2n) is 4.58. The van der Waals surface area contributed by atoms with Crippen LogP contribution >= 0.6 is 31.9 Å². The van der Waals surface area contributed by atoms with E-state index in [2.05, 4.69) is 37.2 Å². The van der Waals surface area contributed by atoms with Gasteiger partial charge in [0.25, 0.3) is 5.91 Å². The Labute approximate surface area is 134 Å². The van der Waals surface area contributed by atoms with Crippen LogP contribution in [0.25, 0.3) is 0 Å². The third kappa shape index (κ3) is 3.04. The SMILES string of the molecule is Cc1cc(Br)c(NC(=O)c2cccc(C)c2Br)cc1N. The maximum Gasteiger partial charge on any atom is 0.256 e. The van der Waals surface area contributed by atoms with E-state index in [9.17, 15) is 4.79 Å². The van der Waals surface area contributed by atoms with E-state index in [-0.39, 0.29) is 5.91 Å². The number of amides is 1. The van der Waals surface area contributed by atoms with Crippen molar-refractivity contribution in [2.24, 2.45) is 0 Å². The number of benzene rings is 2. The Balaban J connectivity index is 2.33. The molecule has 3 nitrogen and oxygen atoms in total. The summed E-state index contributed by atoms with van der Waals surface area (Å²) in [5.74, 6) is -0.176. The Morgan fingerprint density at radius 2 is 1.85 bits per heavy atom. The Morgan fingerprint density at radius 1 is 1.15 bits per heavy atom. The molecule has 2 rings (SSSR count). The first-order chi connectivity index (χ1) is 9.40. The highest BCUT2D eigenvalue weighted by Gasteiger charge is 2.13. The fourth-order valence-electron chi connectivity index (χ4n) is 1.80. The van der Waals surface area contributed by atoms with E-state index in [0.717, 1.165) is 20.1 Å². The Bertz CT molecular complexity index is 684. The standard InChI is InChI=1S/C15H14Br2N2O/c1-8-4-3-5-10(14(8)17)15(20)19-13-7-12(18)9(2)6-11(13)16/h3-7H,18H2,1-2H3,(H,19,20). The second kappa shape index (κ2) is 5.97. The van der Waals surface area contributed by atoms with E-state index in [4.69, 9.17) is 5.73 Å². The van der Waals surface area contributed by atoms with Crippen molar-refractivity contribution in [2.45, 2.75) is 13.8 Å². The quantitative estimate of drug-likeness (QED) is 0.723. The van der Waals surface area contributed by atoms with Crippen LogP contribution in [0.1, 0.15) is 21.5 Å². The molecule has 0 bridgehead atoms. The predicted octanol–water partition coefficient (Wildman–Crippen LogP) is 4.66. The van der Waals surface area contributed by atoms with E-state index in [1.54, 1.807) is 12.1 Å². The first-order valence-electron chi connectivity index (χ1n) is 6.02. The summed E-state index contributed by atoms with van der Waals surface area (Å²) >= 11 is 6.87. The minimum atomic E-state index is -0.176. The van der Waals surface area contributed by atoms with Gasteiger partial charge in [-0.05, 0) is 75.0 Å². The highest BCUT2D eigenvalue weighted by atomic mass is 79.9. The third-order valence-corrected chi connectivity index (χ3v) is 4.75. The van der Waals surface area contributed by atoms with Crippen molar-refractivity contribution < 1.29 is 4.79 Å². The number of carbonyl (C=O) groups is 1. The highest BCUT2D eigenvalue weighted by molar-refractivity contribution is 9.11. The summed E-state index contributed by atoms with van der Waals surface area (Å²) < 4.78 is 1.61. The zero-order chi connectivity index (χ0) is 14.9. The van der Waals surface area contributed by atoms with Crippen molar-refractivity contribution in [3.63, 3.8) is 0 Å². The molecule has 0 unspecified atom stereocenters. The topological polar surface area (TPSA) is 55.1 Å². The summed E-state index contributed by atoms with van der Waals surface area (Å²) in [5, 5.41) is 2.87. The van der Waals surface area contributed by atoms with Gasteiger partial charge in [0.15, 0.2) is 0 Å². The van der Waals surface area contributed by atoms with E-state index in [0.29, 0.717) is 16.9 Å². The van der Waals surface area contributed by atoms with Crippen LogP contribution in [0, 0.1) is 13.8 Å². The average Bonchev–Trinajstić information content (AvgIpc) is 2.39. The number of nitrogen functional groups attached to an aromatic ring is 1. The van der Waals surface area contributed by atoms with Crippen LogP contribution in [0.3, 0.4) is 0 Å². The molecule has 0 saturated carbocycles. The molecule has 20 heavy (non-hydrogen) atoms. The average molecular weight is 398 g/mol. The van der Waals surface area contributed by atoms with Crippen LogP contribution in [0.4, 0.5) is 11.4 Å². The van der Waals surface area contributed by atoms with Crippen LogP contribution in [0.15, 0.2) is 39.3 Å². The van der Waals surface area contributed by atoms with Gasteiger partial charge >= 0.3 is 0 Å². The number of hydrogen-bond donors (Lipinski definition) is 2. The molecular weight excluding hydrogens is 384 g/mol. The van der Waals surface area contributed by atoms with Gasteiger partial charge in [-0.2, -0.15) is 0 Å². The summed E-state index contributed by atoms with van der Waals surface area (Å²) in [7, 11) is 0. The summed E-state index contributed by atoms with van der Waals surface area (Å²) in [6.45, 7) is 3.86. The molecule has 0 radical (unpaired) electrons. The lowest BCUT2D eigenvalue weighted by atomic mass is 10.1. The number of nitrogens with two attached hydrogens (primary N) is 1. The van der Waals surface area contributed by atoms with E-state index < -0.39 is 0 Å². The number of rotatable bonds is 2. The van der Waals surface area contributed by atoms with E-state index in [1.807, 2.05) is 32.0 Å². The molecule has 1 amide bonds. The van der Waals surface area contributed by atoms with Crippen LogP contribution in [-0.4, -0.2) is 5.91 Å². The summed E-state index contributed by atoms with van der Waals surface area (Å²) in [6, 6.07) is 9.21. The minimum absolute atomic E-state index is 0.176. The van der Waals surface area contributed by atoms with Crippen molar-refractivity contribution in [3.05, 3.63) is 56.0 Å². The molecule has 0 aliphatic carbocycles. The van der Waals surface area contributed by atoms with Crippen LogP contribution in [0.5, 0.6) is 0 Å². The number of carbonyl (C=O) groups excluding carboxylic acids is 1. The second-order valence-corrected chi connectivity index (χ2v) is 6.23. The number of hydrogen-bond acceptors (Lipinski definition) is 2. The molecule has 2 aromatic carbocycles. The van der Waals surface area contributed by atoms with E-state index in [1.165, 1.54) is 0 Å². The van der Waals surface area contributed by atoms with Gasteiger partial charge in [-0.1, -0.05) is 12.1 Å². The normalized spacial score (nSPS) is 10.4. The van der Waals surface area contributed by atoms with Crippen molar-refractivity contribution >= 4 is 49.1 Å². The van der Waals surface area contributed by atoms with Crippen LogP contribution in [-0.2, 0) is 0 Å². The maximum absolute atomic E-state index is 12.3. The summed E-state index contributed by atoms with van der Waals surface area (Å²) in [6.07, 6.45) is 0. The number of aryl methyl sites for hydroxylation is 2. The Kier molecular flexibility index (Phi) is 4.50. The highest BCUT2D eigenvalue weighted by Crippen LogP contribution is 2.29. The Morgan fingerprint density at radius 3 is 2.55 bits per heavy atom. The molecule has 0 saturated heterocycles. The molecular formula is C15H14Br2N2O. The fraction of sp³-hybridized carbons (Fsp3) is 0.133. The van der Waals surface area contributed by atoms with Crippen molar-refractivity contribution in [3.8, 4) is 0 Å². The molecule has 3 N–H and O–H groups in total. The zero-order valence-electron chi connectivity index (χ0n) is 11.1. The monoisotopic (exact) mass is 396 g/mol. The minimum Gasteiger partial charge on any atom is -0.398 e. The largest absolute Gasteiger partial charge is 0.398 e. The van der Waals surface area contributed by atoms with Crippen molar-refractivity contribution in [1.82, 2.24) is 0 Å². The van der Waals surface area contributed by atoms with Crippen molar-refractivity contribution in [2.75, 3.05) is 11.1 Å². The maximum atomic E-state index is 12.3. The molecule has 5 heteroatoms. The number of anilines is 2. The predicted molar refractivity (Wildman–Crippen MR) is 90.1 cm³/mol. The van der Waals surface area contributed by atoms with Gasteiger partial charge in [-0.15, -0.1) is 0 Å². The molecule has 0 fully saturated rings. The lowest BCUT2D eigenvalue weighted by molar-refractivity contribution is 0.102. The molecule has 0 spiro atoms. The van der Waals surface area contributed by atoms with Gasteiger partial charge < -0.3 is 11.1 Å². The molecule has 0 atom stereocenters. The van der Waals surface area contributed by atoms with Crippen LogP contribution in [0.2, 0.25) is 0 Å². The molecule has 0 aromatic heterocycles. The van der Waals surface area contributed by atoms with Gasteiger partial charge in [-0.25, -0.2) is 0 Å². The number of nitrogens with one attached hydrogen (secondary N) is 1. The third-order valence-electron chi connectivity index (χ3n) is 3.04. The fourth-order valence-corrected chi connectivity index (χ4v) is 2.80. The molecule has 2 aromatic rings. The summed E-state index contributed by atoms with van der Waals surface area (Å²) in [5.41, 5.74) is 9.75. The van der Waals surface area contributed by atoms with E-state index >= 15 is 0 Å². The van der Waals surface area contributed by atoms with Crippen molar-refractivity contribution in [1.29, 1.82) is 0 Å². The first kappa shape index (κ1) is 15.1. The molecule has 104 valence electrons. The lowest BCUT2D eigenvalue weighted by Gasteiger charge is -2.12. The Hall–Kier alpha value is -1.33. The lowest BCUT2D eigenvalue weighted by Crippen LogP contribution is -2.13. The van der Waals surface area contributed by atoms with Gasteiger partial charge in [0.05, 0.1) is 11.3 Å². The first-order valence-corrected chi connectivity index (χ1v) is 7.61. The zero-order valence-corrected chi connectivity index (χ0v) is 14.3. The van der Waals surface area contributed by atoms with Gasteiger partial charge in [0.1, 0.15) is 0 Å². The molecule has 0 aliphatic rings. The molecule has 0 aliphatic heterocycles.